The summed E-state index contributed by atoms with van der Waals surface area (Å²) in [6.07, 6.45) is 3.32. The molecule has 0 aliphatic carbocycles. The number of rotatable bonds is 4. The lowest BCUT2D eigenvalue weighted by Gasteiger charge is -2.36. The van der Waals surface area contributed by atoms with Gasteiger partial charge in [0.25, 0.3) is 0 Å². The maximum atomic E-state index is 10.3. The van der Waals surface area contributed by atoms with Crippen molar-refractivity contribution in [3.05, 3.63) is 66.0 Å². The zero-order chi connectivity index (χ0) is 14.5. The lowest BCUT2D eigenvalue weighted by atomic mass is 9.90. The first-order chi connectivity index (χ1) is 10.3. The van der Waals surface area contributed by atoms with Crippen LogP contribution in [-0.2, 0) is 13.0 Å². The fraction of sp³-hybridized carbons (Fsp3) is 0.389. The van der Waals surface area contributed by atoms with E-state index in [9.17, 15) is 5.11 Å². The number of aliphatic hydroxyl groups is 1. The van der Waals surface area contributed by atoms with Crippen LogP contribution in [0.25, 0.3) is 0 Å². The van der Waals surface area contributed by atoms with Crippen LogP contribution >= 0.6 is 0 Å². The Kier molecular flexibility index (Phi) is 4.63. The van der Waals surface area contributed by atoms with Crippen molar-refractivity contribution in [3.63, 3.8) is 0 Å². The van der Waals surface area contributed by atoms with E-state index in [1.165, 1.54) is 5.56 Å². The highest BCUT2D eigenvalue weighted by Crippen LogP contribution is 2.22. The Bertz CT molecular complexity index is 544. The quantitative estimate of drug-likeness (QED) is 0.936. The molecule has 3 nitrogen and oxygen atoms in total. The summed E-state index contributed by atoms with van der Waals surface area (Å²) in [6, 6.07) is 16.5. The van der Waals surface area contributed by atoms with Gasteiger partial charge >= 0.3 is 0 Å². The van der Waals surface area contributed by atoms with E-state index >= 15 is 0 Å². The van der Waals surface area contributed by atoms with Crippen molar-refractivity contribution < 1.29 is 5.11 Å². The second-order valence-electron chi connectivity index (χ2n) is 5.86. The molecule has 2 heterocycles. The molecule has 1 aromatic carbocycles. The fourth-order valence-electron chi connectivity index (χ4n) is 3.07. The number of likely N-dealkylation sites (tertiary alicyclic amines) is 1. The van der Waals surface area contributed by atoms with Crippen molar-refractivity contribution in [2.45, 2.75) is 25.5 Å². The van der Waals surface area contributed by atoms with Crippen molar-refractivity contribution >= 4 is 0 Å². The van der Waals surface area contributed by atoms with Crippen LogP contribution in [0, 0.1) is 5.92 Å². The molecule has 0 saturated carbocycles. The van der Waals surface area contributed by atoms with Gasteiger partial charge in [-0.15, -0.1) is 0 Å². The largest absolute Gasteiger partial charge is 0.393 e. The molecule has 3 rings (SSSR count). The van der Waals surface area contributed by atoms with Gasteiger partial charge in [-0.1, -0.05) is 36.4 Å². The van der Waals surface area contributed by atoms with Gasteiger partial charge in [-0.25, -0.2) is 0 Å². The summed E-state index contributed by atoms with van der Waals surface area (Å²) in [6.45, 7) is 2.87. The average molecular weight is 282 g/mol. The molecule has 1 saturated heterocycles. The monoisotopic (exact) mass is 282 g/mol. The first-order valence-corrected chi connectivity index (χ1v) is 7.65. The van der Waals surface area contributed by atoms with Gasteiger partial charge in [0.15, 0.2) is 0 Å². The van der Waals surface area contributed by atoms with E-state index in [1.807, 2.05) is 30.5 Å². The van der Waals surface area contributed by atoms with E-state index in [0.29, 0.717) is 0 Å². The molecule has 3 heteroatoms. The van der Waals surface area contributed by atoms with Crippen molar-refractivity contribution in [1.82, 2.24) is 9.88 Å². The number of piperidine rings is 1. The van der Waals surface area contributed by atoms with Crippen molar-refractivity contribution in [3.8, 4) is 0 Å². The molecule has 110 valence electrons. The summed E-state index contributed by atoms with van der Waals surface area (Å²) < 4.78 is 0. The number of benzene rings is 1. The third kappa shape index (κ3) is 3.90. The Morgan fingerprint density at radius 1 is 1.10 bits per heavy atom. The van der Waals surface area contributed by atoms with Gasteiger partial charge in [-0.05, 0) is 30.5 Å². The normalized spacial score (nSPS) is 23.1. The third-order valence-corrected chi connectivity index (χ3v) is 4.22. The van der Waals surface area contributed by atoms with Crippen LogP contribution in [0.4, 0.5) is 0 Å². The maximum absolute atomic E-state index is 10.3. The Morgan fingerprint density at radius 2 is 1.90 bits per heavy atom. The molecule has 2 atom stereocenters. The number of pyridine rings is 1. The zero-order valence-electron chi connectivity index (χ0n) is 12.2. The van der Waals surface area contributed by atoms with Crippen LogP contribution in [0.5, 0.6) is 0 Å². The smallest absolute Gasteiger partial charge is 0.0596 e. The van der Waals surface area contributed by atoms with E-state index in [0.717, 1.165) is 38.2 Å². The van der Waals surface area contributed by atoms with E-state index in [-0.39, 0.29) is 12.0 Å². The summed E-state index contributed by atoms with van der Waals surface area (Å²) in [7, 11) is 0. The molecule has 0 spiro atoms. The molecule has 21 heavy (non-hydrogen) atoms. The van der Waals surface area contributed by atoms with Gasteiger partial charge in [-0.2, -0.15) is 0 Å². The van der Waals surface area contributed by atoms with Gasteiger partial charge < -0.3 is 5.11 Å². The Balaban J connectivity index is 1.62. The highest BCUT2D eigenvalue weighted by atomic mass is 16.3. The second kappa shape index (κ2) is 6.83. The first kappa shape index (κ1) is 14.2. The van der Waals surface area contributed by atoms with Gasteiger partial charge in [0.2, 0.25) is 0 Å². The summed E-state index contributed by atoms with van der Waals surface area (Å²) in [5, 5.41) is 10.3. The molecule has 1 N–H and O–H groups in total. The summed E-state index contributed by atoms with van der Waals surface area (Å²) in [5.74, 6) is 0.275. The molecule has 0 bridgehead atoms. The van der Waals surface area contributed by atoms with Crippen LogP contribution in [-0.4, -0.2) is 34.2 Å². The predicted octanol–water partition coefficient (Wildman–Crippen LogP) is 2.51. The first-order valence-electron chi connectivity index (χ1n) is 7.65. The van der Waals surface area contributed by atoms with Crippen molar-refractivity contribution in [2.24, 2.45) is 5.92 Å². The maximum Gasteiger partial charge on any atom is 0.0596 e. The lowest BCUT2D eigenvalue weighted by Crippen LogP contribution is -2.43. The molecule has 2 aromatic rings. The Hall–Kier alpha value is -1.71. The van der Waals surface area contributed by atoms with Gasteiger partial charge in [0.1, 0.15) is 0 Å². The lowest BCUT2D eigenvalue weighted by molar-refractivity contribution is 0.0235. The minimum Gasteiger partial charge on any atom is -0.393 e. The van der Waals surface area contributed by atoms with Crippen LogP contribution in [0.3, 0.4) is 0 Å². The van der Waals surface area contributed by atoms with Crippen LogP contribution in [0.15, 0.2) is 54.7 Å². The van der Waals surface area contributed by atoms with Crippen LogP contribution in [0.2, 0.25) is 0 Å². The van der Waals surface area contributed by atoms with Crippen LogP contribution in [0.1, 0.15) is 17.7 Å². The van der Waals surface area contributed by atoms with Crippen molar-refractivity contribution in [2.75, 3.05) is 13.1 Å². The molecule has 0 radical (unpaired) electrons. The molecule has 1 fully saturated rings. The number of hydrogen-bond donors (Lipinski definition) is 1. The number of hydrogen-bond acceptors (Lipinski definition) is 3. The highest BCUT2D eigenvalue weighted by molar-refractivity contribution is 5.14. The van der Waals surface area contributed by atoms with E-state index in [2.05, 4.69) is 34.1 Å². The topological polar surface area (TPSA) is 36.4 Å². The SMILES string of the molecule is OC1CCN(Cc2ccccc2)CC1Cc1ccccn1. The molecular formula is C18H22N2O. The average Bonchev–Trinajstić information content (AvgIpc) is 2.53. The molecule has 0 amide bonds. The number of aromatic nitrogens is 1. The van der Waals surface area contributed by atoms with E-state index < -0.39 is 0 Å². The Labute approximate surface area is 126 Å². The number of aliphatic hydroxyl groups excluding tert-OH is 1. The Morgan fingerprint density at radius 3 is 2.67 bits per heavy atom. The minimum atomic E-state index is -0.209. The molecule has 1 aliphatic heterocycles. The van der Waals surface area contributed by atoms with Crippen molar-refractivity contribution in [1.29, 1.82) is 0 Å². The molecule has 1 aliphatic rings. The standard InChI is InChI=1S/C18H22N2O/c21-18-9-11-20(13-15-6-2-1-3-7-15)14-16(18)12-17-8-4-5-10-19-17/h1-8,10,16,18,21H,9,11-14H2. The molecule has 2 unspecified atom stereocenters. The fourth-order valence-corrected chi connectivity index (χ4v) is 3.07. The summed E-state index contributed by atoms with van der Waals surface area (Å²) >= 11 is 0. The number of nitrogens with zero attached hydrogens (tertiary/aromatic N) is 2. The summed E-state index contributed by atoms with van der Waals surface area (Å²) in [5.41, 5.74) is 2.41. The third-order valence-electron chi connectivity index (χ3n) is 4.22. The van der Waals surface area contributed by atoms with Gasteiger partial charge in [-0.3, -0.25) is 9.88 Å². The minimum absolute atomic E-state index is 0.209. The molecule has 1 aromatic heterocycles. The zero-order valence-corrected chi connectivity index (χ0v) is 12.2. The van der Waals surface area contributed by atoms with E-state index in [1.54, 1.807) is 0 Å². The van der Waals surface area contributed by atoms with Gasteiger partial charge in [0, 0.05) is 37.4 Å². The summed E-state index contributed by atoms with van der Waals surface area (Å²) in [4.78, 5) is 6.83. The van der Waals surface area contributed by atoms with Gasteiger partial charge in [0.05, 0.1) is 6.10 Å². The predicted molar refractivity (Wildman–Crippen MR) is 83.8 cm³/mol. The highest BCUT2D eigenvalue weighted by Gasteiger charge is 2.28. The van der Waals surface area contributed by atoms with E-state index in [4.69, 9.17) is 0 Å². The second-order valence-corrected chi connectivity index (χ2v) is 5.86. The van der Waals surface area contributed by atoms with Crippen LogP contribution < -0.4 is 0 Å². The molecular weight excluding hydrogens is 260 g/mol.